The average molecular weight is 521 g/mol. The van der Waals surface area contributed by atoms with Crippen LogP contribution in [0.1, 0.15) is 23.0 Å². The quantitative estimate of drug-likeness (QED) is 0.335. The monoisotopic (exact) mass is 520 g/mol. The summed E-state index contributed by atoms with van der Waals surface area (Å²) in [5.74, 6) is 0.372. The SMILES string of the molecule is C=C(/C=C(Cl)\C=C/C)COc1nc2c(n1Cc1ccc(Cl)cc1)C(=O)N(CCOCCO)CN2C. The minimum Gasteiger partial charge on any atom is -0.460 e. The van der Waals surface area contributed by atoms with Crippen molar-refractivity contribution in [2.75, 3.05) is 51.6 Å². The van der Waals surface area contributed by atoms with Crippen molar-refractivity contribution in [2.45, 2.75) is 13.5 Å². The van der Waals surface area contributed by atoms with Crippen molar-refractivity contribution < 1.29 is 19.4 Å². The highest BCUT2D eigenvalue weighted by Crippen LogP contribution is 2.31. The molecule has 0 radical (unpaired) electrons. The fourth-order valence-corrected chi connectivity index (χ4v) is 3.98. The molecule has 10 heteroatoms. The molecule has 1 aromatic carbocycles. The number of carbonyl (C=O) groups excluding carboxylic acids is 1. The van der Waals surface area contributed by atoms with Crippen LogP contribution in [0.3, 0.4) is 0 Å². The molecular formula is C25H30Cl2N4O4. The van der Waals surface area contributed by atoms with Gasteiger partial charge in [-0.05, 0) is 42.3 Å². The molecule has 1 aliphatic heterocycles. The maximum atomic E-state index is 13.5. The second kappa shape index (κ2) is 12.8. The fourth-order valence-electron chi connectivity index (χ4n) is 3.58. The van der Waals surface area contributed by atoms with Crippen molar-refractivity contribution in [1.29, 1.82) is 0 Å². The van der Waals surface area contributed by atoms with Gasteiger partial charge >= 0.3 is 0 Å². The average Bonchev–Trinajstić information content (AvgIpc) is 3.19. The van der Waals surface area contributed by atoms with Crippen LogP contribution >= 0.6 is 23.2 Å². The predicted octanol–water partition coefficient (Wildman–Crippen LogP) is 4.08. The first kappa shape index (κ1) is 26.8. The van der Waals surface area contributed by atoms with E-state index in [9.17, 15) is 4.79 Å². The zero-order chi connectivity index (χ0) is 25.4. The summed E-state index contributed by atoms with van der Waals surface area (Å²) in [6.07, 6.45) is 5.32. The normalized spacial score (nSPS) is 14.1. The molecule has 2 aromatic rings. The Labute approximate surface area is 215 Å². The number of fused-ring (bicyclic) bond motifs is 1. The highest BCUT2D eigenvalue weighted by molar-refractivity contribution is 6.31. The molecule has 188 valence electrons. The highest BCUT2D eigenvalue weighted by atomic mass is 35.5. The Morgan fingerprint density at radius 1 is 1.29 bits per heavy atom. The second-order valence-corrected chi connectivity index (χ2v) is 8.87. The molecular weight excluding hydrogens is 491 g/mol. The Morgan fingerprint density at radius 2 is 2.03 bits per heavy atom. The van der Waals surface area contributed by atoms with Crippen LogP contribution in [0.15, 0.2) is 59.7 Å². The van der Waals surface area contributed by atoms with Crippen LogP contribution in [-0.4, -0.2) is 72.2 Å². The molecule has 1 aromatic heterocycles. The molecule has 1 amide bonds. The number of benzene rings is 1. The third-order valence-electron chi connectivity index (χ3n) is 5.20. The first-order chi connectivity index (χ1) is 16.8. The van der Waals surface area contributed by atoms with E-state index in [2.05, 4.69) is 11.6 Å². The highest BCUT2D eigenvalue weighted by Gasteiger charge is 2.34. The summed E-state index contributed by atoms with van der Waals surface area (Å²) in [4.78, 5) is 21.7. The Morgan fingerprint density at radius 3 is 2.71 bits per heavy atom. The Kier molecular flexibility index (Phi) is 9.80. The van der Waals surface area contributed by atoms with E-state index in [4.69, 9.17) is 37.8 Å². The van der Waals surface area contributed by atoms with Crippen molar-refractivity contribution >= 4 is 34.9 Å². The molecule has 0 unspecified atom stereocenters. The number of halogens is 2. The maximum absolute atomic E-state index is 13.5. The number of hydrogen-bond acceptors (Lipinski definition) is 6. The molecule has 0 aliphatic carbocycles. The number of aliphatic hydroxyl groups is 1. The van der Waals surface area contributed by atoms with Gasteiger partial charge in [0.05, 0.1) is 33.0 Å². The van der Waals surface area contributed by atoms with Crippen molar-refractivity contribution in [3.8, 4) is 6.01 Å². The summed E-state index contributed by atoms with van der Waals surface area (Å²) >= 11 is 12.2. The van der Waals surface area contributed by atoms with Crippen LogP contribution in [-0.2, 0) is 11.3 Å². The molecule has 0 atom stereocenters. The Bertz CT molecular complexity index is 1100. The third-order valence-corrected chi connectivity index (χ3v) is 5.69. The topological polar surface area (TPSA) is 80.1 Å². The largest absolute Gasteiger partial charge is 0.460 e. The lowest BCUT2D eigenvalue weighted by atomic mass is 10.2. The summed E-state index contributed by atoms with van der Waals surface area (Å²) in [6, 6.07) is 7.70. The fraction of sp³-hybridized carbons (Fsp3) is 0.360. The Hall–Kier alpha value is -2.78. The molecule has 8 nitrogen and oxygen atoms in total. The van der Waals surface area contributed by atoms with E-state index < -0.39 is 0 Å². The minimum atomic E-state index is -0.170. The number of aliphatic hydroxyl groups excluding tert-OH is 1. The van der Waals surface area contributed by atoms with Gasteiger partial charge in [0.2, 0.25) is 0 Å². The smallest absolute Gasteiger partial charge is 0.299 e. The number of amides is 1. The molecule has 0 saturated carbocycles. The van der Waals surface area contributed by atoms with Gasteiger partial charge in [-0.3, -0.25) is 9.36 Å². The minimum absolute atomic E-state index is 0.0625. The summed E-state index contributed by atoms with van der Waals surface area (Å²) < 4.78 is 13.1. The number of imidazole rings is 1. The van der Waals surface area contributed by atoms with Crippen molar-refractivity contribution in [3.63, 3.8) is 0 Å². The van der Waals surface area contributed by atoms with Gasteiger partial charge in [0.15, 0.2) is 11.5 Å². The van der Waals surface area contributed by atoms with E-state index in [0.29, 0.717) is 59.5 Å². The predicted molar refractivity (Wildman–Crippen MR) is 138 cm³/mol. The van der Waals surface area contributed by atoms with Gasteiger partial charge in [-0.15, -0.1) is 0 Å². The number of carbonyl (C=O) groups is 1. The molecule has 1 aliphatic rings. The lowest BCUT2D eigenvalue weighted by Gasteiger charge is -2.33. The Balaban J connectivity index is 1.90. The zero-order valence-corrected chi connectivity index (χ0v) is 21.4. The van der Waals surface area contributed by atoms with Crippen LogP contribution in [0.25, 0.3) is 0 Å². The van der Waals surface area contributed by atoms with E-state index in [1.807, 2.05) is 37.1 Å². The van der Waals surface area contributed by atoms with Crippen LogP contribution in [0.2, 0.25) is 5.02 Å². The van der Waals surface area contributed by atoms with Gasteiger partial charge in [0.1, 0.15) is 6.61 Å². The summed E-state index contributed by atoms with van der Waals surface area (Å²) in [6.45, 7) is 7.63. The van der Waals surface area contributed by atoms with Crippen LogP contribution in [0.4, 0.5) is 5.82 Å². The molecule has 35 heavy (non-hydrogen) atoms. The van der Waals surface area contributed by atoms with Gasteiger partial charge in [0, 0.05) is 23.6 Å². The van der Waals surface area contributed by atoms with E-state index in [1.165, 1.54) is 0 Å². The summed E-state index contributed by atoms with van der Waals surface area (Å²) in [7, 11) is 1.87. The number of ether oxygens (including phenoxy) is 2. The number of hydrogen-bond donors (Lipinski definition) is 1. The van der Waals surface area contributed by atoms with Crippen LogP contribution in [0.5, 0.6) is 6.01 Å². The van der Waals surface area contributed by atoms with Gasteiger partial charge < -0.3 is 24.4 Å². The van der Waals surface area contributed by atoms with E-state index in [-0.39, 0.29) is 25.7 Å². The van der Waals surface area contributed by atoms with Crippen molar-refractivity contribution in [2.24, 2.45) is 0 Å². The van der Waals surface area contributed by atoms with Gasteiger partial charge in [0.25, 0.3) is 11.9 Å². The standard InChI is InChI=1S/C25H30Cl2N4O4/c1-4-5-21(27)14-18(2)16-35-25-28-23-22(31(25)15-19-6-8-20(26)9-7-19)24(33)30(17-29(23)3)10-12-34-13-11-32/h4-9,14,32H,2,10-13,15-17H2,1,3H3/b5-4-,21-14+. The van der Waals surface area contributed by atoms with E-state index in [1.54, 1.807) is 33.8 Å². The first-order valence-corrected chi connectivity index (χ1v) is 11.9. The second-order valence-electron chi connectivity index (χ2n) is 8.00. The molecule has 0 spiro atoms. The van der Waals surface area contributed by atoms with Crippen molar-refractivity contribution in [1.82, 2.24) is 14.5 Å². The lowest BCUT2D eigenvalue weighted by molar-refractivity contribution is 0.0549. The summed E-state index contributed by atoms with van der Waals surface area (Å²) in [5.41, 5.74) is 2.03. The van der Waals surface area contributed by atoms with Crippen molar-refractivity contribution in [3.05, 3.63) is 76.0 Å². The number of anilines is 1. The number of allylic oxidation sites excluding steroid dienone is 3. The van der Waals surface area contributed by atoms with E-state index >= 15 is 0 Å². The van der Waals surface area contributed by atoms with Gasteiger partial charge in [-0.1, -0.05) is 48.0 Å². The summed E-state index contributed by atoms with van der Waals surface area (Å²) in [5, 5.41) is 10.1. The van der Waals surface area contributed by atoms with Gasteiger partial charge in [-0.25, -0.2) is 0 Å². The van der Waals surface area contributed by atoms with Crippen LogP contribution < -0.4 is 9.64 Å². The molecule has 0 fully saturated rings. The number of nitrogens with zero attached hydrogens (tertiary/aromatic N) is 4. The van der Waals surface area contributed by atoms with E-state index in [0.717, 1.165) is 5.56 Å². The molecule has 2 heterocycles. The molecule has 0 bridgehead atoms. The van der Waals surface area contributed by atoms with Gasteiger partial charge in [-0.2, -0.15) is 4.98 Å². The molecule has 0 saturated heterocycles. The molecule has 3 rings (SSSR count). The molecule has 1 N–H and O–H groups in total. The maximum Gasteiger partial charge on any atom is 0.299 e. The lowest BCUT2D eigenvalue weighted by Crippen LogP contribution is -2.47. The zero-order valence-electron chi connectivity index (χ0n) is 19.9. The third kappa shape index (κ3) is 7.11. The number of rotatable bonds is 12. The number of aromatic nitrogens is 2. The first-order valence-electron chi connectivity index (χ1n) is 11.2. The van der Waals surface area contributed by atoms with Crippen LogP contribution in [0, 0.1) is 0 Å².